The Balaban J connectivity index is 1.92. The molecule has 0 saturated carbocycles. The molecule has 0 aromatic heterocycles. The fourth-order valence-corrected chi connectivity index (χ4v) is 8.79. The van der Waals surface area contributed by atoms with Gasteiger partial charge in [0.2, 0.25) is 0 Å². The zero-order valence-corrected chi connectivity index (χ0v) is 14.9. The van der Waals surface area contributed by atoms with Crippen molar-refractivity contribution < 1.29 is 9.59 Å². The van der Waals surface area contributed by atoms with Crippen LogP contribution in [0.1, 0.15) is 0 Å². The molecule has 0 atom stereocenters. The van der Waals surface area contributed by atoms with Crippen molar-refractivity contribution in [1.29, 1.82) is 0 Å². The molecule has 1 spiro atoms. The van der Waals surface area contributed by atoms with E-state index in [1.54, 1.807) is 23.4 Å². The molecular formula is C16H16ClN4O2P. The average molecular weight is 363 g/mol. The van der Waals surface area contributed by atoms with Gasteiger partial charge >= 0.3 is 144 Å². The number of anilines is 2. The summed E-state index contributed by atoms with van der Waals surface area (Å²) in [6.07, 6.45) is 0. The maximum absolute atomic E-state index is 13.0. The van der Waals surface area contributed by atoms with Crippen LogP contribution in [0.2, 0.25) is 0 Å². The Bertz CT molecular complexity index is 782. The summed E-state index contributed by atoms with van der Waals surface area (Å²) in [7, 11) is 3.29. The molecule has 0 bridgehead atoms. The molecule has 0 radical (unpaired) electrons. The summed E-state index contributed by atoms with van der Waals surface area (Å²) in [6, 6.07) is 17.9. The summed E-state index contributed by atoms with van der Waals surface area (Å²) < 4.78 is 6.10. The predicted octanol–water partition coefficient (Wildman–Crippen LogP) is 4.50. The standard InChI is InChI=1S/C16H16ClN4O2P/c1-18-15(22)19(2)24(18,17)20(13-9-5-3-6-10-13)16(23)21(24)14-11-7-4-8-12-14/h3-12H,1-2H3. The summed E-state index contributed by atoms with van der Waals surface area (Å²) in [5.41, 5.74) is 1.35. The number of hydrogen-bond donors (Lipinski definition) is 0. The first-order valence-corrected chi connectivity index (χ1v) is 10.4. The van der Waals surface area contributed by atoms with E-state index in [1.165, 1.54) is 9.34 Å². The van der Waals surface area contributed by atoms with Crippen LogP contribution in [-0.4, -0.2) is 35.5 Å². The van der Waals surface area contributed by atoms with Crippen LogP contribution in [0.5, 0.6) is 0 Å². The van der Waals surface area contributed by atoms with E-state index in [1.807, 2.05) is 60.7 Å². The van der Waals surface area contributed by atoms with Crippen LogP contribution in [0.3, 0.4) is 0 Å². The molecule has 2 heterocycles. The summed E-state index contributed by atoms with van der Waals surface area (Å²) in [5, 5.41) is 0. The van der Waals surface area contributed by atoms with E-state index in [0.29, 0.717) is 11.4 Å². The van der Waals surface area contributed by atoms with Crippen molar-refractivity contribution in [3.8, 4) is 0 Å². The van der Waals surface area contributed by atoms with Gasteiger partial charge in [-0.15, -0.1) is 0 Å². The van der Waals surface area contributed by atoms with Gasteiger partial charge in [0, 0.05) is 0 Å². The third-order valence-corrected chi connectivity index (χ3v) is 11.5. The number of amides is 4. The second kappa shape index (κ2) is 4.62. The van der Waals surface area contributed by atoms with E-state index in [-0.39, 0.29) is 12.1 Å². The molecule has 2 saturated heterocycles. The fourth-order valence-electron chi connectivity index (χ4n) is 3.40. The Morgan fingerprint density at radius 3 is 1.46 bits per heavy atom. The van der Waals surface area contributed by atoms with Crippen LogP contribution in [0.15, 0.2) is 60.7 Å². The second-order valence-corrected chi connectivity index (χ2v) is 11.2. The number of carbonyl (C=O) groups is 2. The van der Waals surface area contributed by atoms with E-state index < -0.39 is 6.56 Å². The number of benzene rings is 2. The van der Waals surface area contributed by atoms with Crippen molar-refractivity contribution in [2.75, 3.05) is 23.4 Å². The molecule has 2 aromatic rings. The second-order valence-electron chi connectivity index (χ2n) is 5.75. The van der Waals surface area contributed by atoms with Gasteiger partial charge in [-0.1, -0.05) is 0 Å². The molecule has 2 aliphatic heterocycles. The number of hydrogen-bond acceptors (Lipinski definition) is 2. The van der Waals surface area contributed by atoms with Crippen LogP contribution >= 0.6 is 17.8 Å². The van der Waals surface area contributed by atoms with Crippen molar-refractivity contribution in [2.45, 2.75) is 0 Å². The van der Waals surface area contributed by atoms with Gasteiger partial charge in [-0.3, -0.25) is 0 Å². The Morgan fingerprint density at radius 2 is 1.08 bits per heavy atom. The number of rotatable bonds is 2. The molecular weight excluding hydrogens is 347 g/mol. The molecule has 2 aliphatic rings. The topological polar surface area (TPSA) is 47.1 Å². The van der Waals surface area contributed by atoms with Gasteiger partial charge < -0.3 is 0 Å². The molecule has 2 fully saturated rings. The van der Waals surface area contributed by atoms with Crippen LogP contribution < -0.4 is 9.34 Å². The maximum atomic E-state index is 13.0. The minimum absolute atomic E-state index is 0.211. The number of urea groups is 2. The Kier molecular flexibility index (Phi) is 2.93. The zero-order chi connectivity index (χ0) is 17.1. The summed E-state index contributed by atoms with van der Waals surface area (Å²) >= 11 is 7.22. The van der Waals surface area contributed by atoms with E-state index in [9.17, 15) is 9.59 Å². The number of nitrogens with zero attached hydrogens (tertiary/aromatic N) is 4. The van der Waals surface area contributed by atoms with Crippen molar-refractivity contribution in [3.63, 3.8) is 0 Å². The van der Waals surface area contributed by atoms with Gasteiger partial charge in [-0.05, 0) is 0 Å². The molecule has 2 aromatic carbocycles. The monoisotopic (exact) mass is 362 g/mol. The van der Waals surface area contributed by atoms with E-state index in [4.69, 9.17) is 11.2 Å². The third kappa shape index (κ3) is 1.42. The minimum atomic E-state index is -3.76. The van der Waals surface area contributed by atoms with Crippen LogP contribution in [0.25, 0.3) is 0 Å². The summed E-state index contributed by atoms with van der Waals surface area (Å²) in [4.78, 5) is 25.3. The Morgan fingerprint density at radius 1 is 0.708 bits per heavy atom. The van der Waals surface area contributed by atoms with Crippen LogP contribution in [0.4, 0.5) is 21.0 Å². The van der Waals surface area contributed by atoms with Crippen molar-refractivity contribution >= 4 is 41.2 Å². The normalized spacial score (nSPS) is 22.7. The third-order valence-electron chi connectivity index (χ3n) is 4.64. The predicted molar refractivity (Wildman–Crippen MR) is 96.9 cm³/mol. The van der Waals surface area contributed by atoms with Crippen LogP contribution in [0, 0.1) is 0 Å². The molecule has 4 amide bonds. The Labute approximate surface area is 144 Å². The van der Waals surface area contributed by atoms with Crippen molar-refractivity contribution in [1.82, 2.24) is 9.34 Å². The van der Waals surface area contributed by atoms with Gasteiger partial charge in [-0.2, -0.15) is 0 Å². The molecule has 4 rings (SSSR count). The van der Waals surface area contributed by atoms with E-state index in [2.05, 4.69) is 0 Å². The van der Waals surface area contributed by atoms with Gasteiger partial charge in [0.15, 0.2) is 0 Å². The van der Waals surface area contributed by atoms with Gasteiger partial charge in [0.1, 0.15) is 0 Å². The molecule has 8 heteroatoms. The SMILES string of the molecule is CN1C(=O)N(C)P12(Cl)N(c1ccccc1)C(=O)N2c1ccccc1. The molecule has 0 N–H and O–H groups in total. The number of halogens is 1. The average Bonchev–Trinajstić information content (AvgIpc) is 2.61. The van der Waals surface area contributed by atoms with Gasteiger partial charge in [0.25, 0.3) is 0 Å². The zero-order valence-electron chi connectivity index (χ0n) is 13.2. The molecule has 124 valence electrons. The van der Waals surface area contributed by atoms with Crippen molar-refractivity contribution in [3.05, 3.63) is 60.7 Å². The molecule has 6 nitrogen and oxygen atoms in total. The number of para-hydroxylation sites is 2. The van der Waals surface area contributed by atoms with Gasteiger partial charge in [0.05, 0.1) is 0 Å². The molecule has 0 unspecified atom stereocenters. The van der Waals surface area contributed by atoms with E-state index in [0.717, 1.165) is 0 Å². The summed E-state index contributed by atoms with van der Waals surface area (Å²) in [5.74, 6) is 0. The quantitative estimate of drug-likeness (QED) is 0.738. The number of carbonyl (C=O) groups excluding carboxylic acids is 2. The first-order valence-electron chi connectivity index (χ1n) is 7.43. The van der Waals surface area contributed by atoms with E-state index >= 15 is 0 Å². The van der Waals surface area contributed by atoms with Crippen molar-refractivity contribution in [2.24, 2.45) is 0 Å². The Hall–Kier alpha value is -2.30. The van der Waals surface area contributed by atoms with Crippen LogP contribution in [-0.2, 0) is 0 Å². The molecule has 24 heavy (non-hydrogen) atoms. The fraction of sp³-hybridized carbons (Fsp3) is 0.125. The summed E-state index contributed by atoms with van der Waals surface area (Å²) in [6.45, 7) is -3.76. The molecule has 0 aliphatic carbocycles. The first kappa shape index (κ1) is 15.2. The van der Waals surface area contributed by atoms with Gasteiger partial charge in [-0.25, -0.2) is 0 Å². The first-order chi connectivity index (χ1) is 11.4.